The molecule has 3 rings (SSSR count). The molecule has 2 aromatic carbocycles. The standard InChI is InChI=1S/C22H28N2O2/c1-15(2)24-13-12-22(3,4)19-14-18(10-11-20(19)24)23(5)17-8-6-16(7-9-17)21(25)26/h6-11,14-15H,12-13H2,1-5H3,(H,25,26). The number of hydrogen-bond acceptors (Lipinski definition) is 3. The van der Waals surface area contributed by atoms with Gasteiger partial charge < -0.3 is 14.9 Å². The lowest BCUT2D eigenvalue weighted by Crippen LogP contribution is -2.41. The lowest BCUT2D eigenvalue weighted by molar-refractivity contribution is 0.0697. The van der Waals surface area contributed by atoms with Crippen LogP contribution in [0.25, 0.3) is 0 Å². The molecule has 0 unspecified atom stereocenters. The first-order chi connectivity index (χ1) is 12.2. The zero-order valence-electron chi connectivity index (χ0n) is 16.3. The molecule has 138 valence electrons. The largest absolute Gasteiger partial charge is 0.478 e. The minimum atomic E-state index is -0.900. The Kier molecular flexibility index (Phi) is 4.70. The van der Waals surface area contributed by atoms with Crippen LogP contribution in [0, 0.1) is 0 Å². The van der Waals surface area contributed by atoms with Crippen molar-refractivity contribution in [1.29, 1.82) is 0 Å². The van der Waals surface area contributed by atoms with Crippen LogP contribution in [0.1, 0.15) is 50.0 Å². The van der Waals surface area contributed by atoms with E-state index in [1.807, 2.05) is 19.2 Å². The summed E-state index contributed by atoms with van der Waals surface area (Å²) in [6, 6.07) is 14.2. The fraction of sp³-hybridized carbons (Fsp3) is 0.409. The summed E-state index contributed by atoms with van der Waals surface area (Å²) < 4.78 is 0. The molecule has 4 heteroatoms. The van der Waals surface area contributed by atoms with Crippen LogP contribution in [0.5, 0.6) is 0 Å². The average molecular weight is 352 g/mol. The SMILES string of the molecule is CC(C)N1CCC(C)(C)c2cc(N(C)c3ccc(C(=O)O)cc3)ccc21. The van der Waals surface area contributed by atoms with Gasteiger partial charge in [0.05, 0.1) is 5.56 Å². The van der Waals surface area contributed by atoms with Gasteiger partial charge in [-0.05, 0) is 73.7 Å². The van der Waals surface area contributed by atoms with Gasteiger partial charge in [0.1, 0.15) is 0 Å². The van der Waals surface area contributed by atoms with E-state index in [0.717, 1.165) is 24.3 Å². The van der Waals surface area contributed by atoms with Crippen LogP contribution in [0.15, 0.2) is 42.5 Å². The first-order valence-corrected chi connectivity index (χ1v) is 9.19. The Hall–Kier alpha value is -2.49. The predicted octanol–water partition coefficient (Wildman–Crippen LogP) is 5.05. The van der Waals surface area contributed by atoms with Crippen LogP contribution in [0.3, 0.4) is 0 Å². The van der Waals surface area contributed by atoms with E-state index in [9.17, 15) is 4.79 Å². The normalized spacial score (nSPS) is 15.7. The quantitative estimate of drug-likeness (QED) is 0.836. The van der Waals surface area contributed by atoms with Crippen LogP contribution in [-0.2, 0) is 5.41 Å². The summed E-state index contributed by atoms with van der Waals surface area (Å²) in [7, 11) is 2.02. The van der Waals surface area contributed by atoms with Crippen molar-refractivity contribution in [2.45, 2.75) is 45.6 Å². The Balaban J connectivity index is 1.98. The van der Waals surface area contributed by atoms with E-state index in [-0.39, 0.29) is 5.41 Å². The Morgan fingerprint density at radius 1 is 1.12 bits per heavy atom. The molecule has 0 bridgehead atoms. The van der Waals surface area contributed by atoms with E-state index in [1.54, 1.807) is 12.1 Å². The molecule has 0 amide bonds. The summed E-state index contributed by atoms with van der Waals surface area (Å²) in [5.74, 6) is -0.900. The molecule has 2 aromatic rings. The maximum Gasteiger partial charge on any atom is 0.335 e. The van der Waals surface area contributed by atoms with Crippen molar-refractivity contribution in [3.63, 3.8) is 0 Å². The van der Waals surface area contributed by atoms with Crippen molar-refractivity contribution in [2.75, 3.05) is 23.4 Å². The number of hydrogen-bond donors (Lipinski definition) is 1. The van der Waals surface area contributed by atoms with Crippen LogP contribution in [-0.4, -0.2) is 30.7 Å². The van der Waals surface area contributed by atoms with E-state index < -0.39 is 5.97 Å². The summed E-state index contributed by atoms with van der Waals surface area (Å²) in [5, 5.41) is 9.07. The second-order valence-electron chi connectivity index (χ2n) is 8.03. The minimum absolute atomic E-state index is 0.144. The number of carboxylic acid groups (broad SMARTS) is 1. The summed E-state index contributed by atoms with van der Waals surface area (Å²) in [6.45, 7) is 10.2. The summed E-state index contributed by atoms with van der Waals surface area (Å²) in [6.07, 6.45) is 1.14. The Morgan fingerprint density at radius 3 is 2.31 bits per heavy atom. The van der Waals surface area contributed by atoms with Gasteiger partial charge in [-0.3, -0.25) is 0 Å². The molecule has 0 aromatic heterocycles. The van der Waals surface area contributed by atoms with Gasteiger partial charge in [0.25, 0.3) is 0 Å². The van der Waals surface area contributed by atoms with Crippen LogP contribution in [0.4, 0.5) is 17.1 Å². The molecular formula is C22H28N2O2. The van der Waals surface area contributed by atoms with Gasteiger partial charge in [-0.2, -0.15) is 0 Å². The molecular weight excluding hydrogens is 324 g/mol. The number of nitrogens with zero attached hydrogens (tertiary/aromatic N) is 2. The number of carbonyl (C=O) groups is 1. The molecule has 0 fully saturated rings. The fourth-order valence-electron chi connectivity index (χ4n) is 3.69. The van der Waals surface area contributed by atoms with Crippen molar-refractivity contribution in [2.24, 2.45) is 0 Å². The minimum Gasteiger partial charge on any atom is -0.478 e. The maximum absolute atomic E-state index is 11.1. The van der Waals surface area contributed by atoms with E-state index in [0.29, 0.717) is 11.6 Å². The number of aromatic carboxylic acids is 1. The first-order valence-electron chi connectivity index (χ1n) is 9.19. The molecule has 1 aliphatic heterocycles. The zero-order valence-corrected chi connectivity index (χ0v) is 16.3. The zero-order chi connectivity index (χ0) is 19.1. The van der Waals surface area contributed by atoms with Gasteiger partial charge in [-0.15, -0.1) is 0 Å². The van der Waals surface area contributed by atoms with E-state index in [2.05, 4.69) is 55.7 Å². The Labute approximate surface area is 156 Å². The molecule has 0 atom stereocenters. The number of rotatable bonds is 4. The van der Waals surface area contributed by atoms with E-state index in [4.69, 9.17) is 5.11 Å². The third kappa shape index (κ3) is 3.28. The molecule has 1 N–H and O–H groups in total. The van der Waals surface area contributed by atoms with Gasteiger partial charge in [-0.1, -0.05) is 13.8 Å². The van der Waals surface area contributed by atoms with E-state index in [1.165, 1.54) is 11.3 Å². The molecule has 0 saturated carbocycles. The third-order valence-electron chi connectivity index (χ3n) is 5.51. The van der Waals surface area contributed by atoms with Crippen molar-refractivity contribution in [1.82, 2.24) is 0 Å². The first kappa shape index (κ1) is 18.3. The van der Waals surface area contributed by atoms with Crippen molar-refractivity contribution in [3.05, 3.63) is 53.6 Å². The molecule has 1 heterocycles. The van der Waals surface area contributed by atoms with Crippen LogP contribution in [0.2, 0.25) is 0 Å². The highest BCUT2D eigenvalue weighted by Gasteiger charge is 2.32. The fourth-order valence-corrected chi connectivity index (χ4v) is 3.69. The predicted molar refractivity (Wildman–Crippen MR) is 108 cm³/mol. The Bertz CT molecular complexity index is 809. The lowest BCUT2D eigenvalue weighted by atomic mass is 9.77. The highest BCUT2D eigenvalue weighted by molar-refractivity contribution is 5.88. The second-order valence-corrected chi connectivity index (χ2v) is 8.03. The topological polar surface area (TPSA) is 43.8 Å². The average Bonchev–Trinajstić information content (AvgIpc) is 2.60. The van der Waals surface area contributed by atoms with Crippen molar-refractivity contribution >= 4 is 23.0 Å². The molecule has 0 aliphatic carbocycles. The third-order valence-corrected chi connectivity index (χ3v) is 5.51. The maximum atomic E-state index is 11.1. The van der Waals surface area contributed by atoms with Gasteiger partial charge in [0, 0.05) is 36.7 Å². The summed E-state index contributed by atoms with van der Waals surface area (Å²) in [4.78, 5) is 15.6. The molecule has 1 aliphatic rings. The Morgan fingerprint density at radius 2 is 1.73 bits per heavy atom. The molecule has 0 saturated heterocycles. The van der Waals surface area contributed by atoms with Crippen LogP contribution < -0.4 is 9.80 Å². The van der Waals surface area contributed by atoms with Crippen LogP contribution >= 0.6 is 0 Å². The van der Waals surface area contributed by atoms with Crippen molar-refractivity contribution < 1.29 is 9.90 Å². The smallest absolute Gasteiger partial charge is 0.335 e. The number of carboxylic acids is 1. The van der Waals surface area contributed by atoms with Gasteiger partial charge in [-0.25, -0.2) is 4.79 Å². The van der Waals surface area contributed by atoms with Gasteiger partial charge >= 0.3 is 5.97 Å². The molecule has 4 nitrogen and oxygen atoms in total. The summed E-state index contributed by atoms with van der Waals surface area (Å²) in [5.41, 5.74) is 5.25. The van der Waals surface area contributed by atoms with E-state index >= 15 is 0 Å². The summed E-state index contributed by atoms with van der Waals surface area (Å²) >= 11 is 0. The number of benzene rings is 2. The van der Waals surface area contributed by atoms with Gasteiger partial charge in [0.2, 0.25) is 0 Å². The molecule has 26 heavy (non-hydrogen) atoms. The number of fused-ring (bicyclic) bond motifs is 1. The second kappa shape index (κ2) is 6.67. The molecule has 0 radical (unpaired) electrons. The molecule has 0 spiro atoms. The van der Waals surface area contributed by atoms with Crippen molar-refractivity contribution in [3.8, 4) is 0 Å². The monoisotopic (exact) mass is 352 g/mol. The van der Waals surface area contributed by atoms with Gasteiger partial charge in [0.15, 0.2) is 0 Å². The number of anilines is 3. The highest BCUT2D eigenvalue weighted by Crippen LogP contribution is 2.42. The highest BCUT2D eigenvalue weighted by atomic mass is 16.4. The lowest BCUT2D eigenvalue weighted by Gasteiger charge is -2.43.